The first kappa shape index (κ1) is 13.6. The van der Waals surface area contributed by atoms with Gasteiger partial charge in [-0.3, -0.25) is 10.1 Å². The monoisotopic (exact) mass is 282 g/mol. The van der Waals surface area contributed by atoms with Crippen LogP contribution in [0.1, 0.15) is 35.4 Å². The van der Waals surface area contributed by atoms with Crippen molar-refractivity contribution in [2.45, 2.75) is 32.2 Å². The second-order valence-electron chi connectivity index (χ2n) is 5.58. The Kier molecular flexibility index (Phi) is 3.60. The van der Waals surface area contributed by atoms with Crippen LogP contribution in [0.25, 0.3) is 0 Å². The van der Waals surface area contributed by atoms with Gasteiger partial charge >= 0.3 is 0 Å². The summed E-state index contributed by atoms with van der Waals surface area (Å²) in [7, 11) is 0. The lowest BCUT2D eigenvalue weighted by molar-refractivity contribution is -0.385. The molecule has 0 aliphatic heterocycles. The Hall–Kier alpha value is -2.36. The largest absolute Gasteiger partial charge is 0.381 e. The maximum atomic E-state index is 10.9. The molecule has 0 heterocycles. The third-order valence-electron chi connectivity index (χ3n) is 4.01. The highest BCUT2D eigenvalue weighted by molar-refractivity contribution is 5.59. The van der Waals surface area contributed by atoms with Crippen LogP contribution in [0.15, 0.2) is 42.5 Å². The fourth-order valence-corrected chi connectivity index (χ4v) is 2.53. The quantitative estimate of drug-likeness (QED) is 0.653. The maximum absolute atomic E-state index is 10.9. The Morgan fingerprint density at radius 1 is 1.19 bits per heavy atom. The van der Waals surface area contributed by atoms with Crippen LogP contribution in [0.4, 0.5) is 11.4 Å². The molecule has 1 saturated carbocycles. The van der Waals surface area contributed by atoms with E-state index in [1.807, 2.05) is 6.07 Å². The first-order chi connectivity index (χ1) is 10.1. The number of hydrogen-bond donors (Lipinski definition) is 1. The molecule has 0 unspecified atom stereocenters. The Labute approximate surface area is 124 Å². The number of hydrogen-bond acceptors (Lipinski definition) is 3. The van der Waals surface area contributed by atoms with Crippen molar-refractivity contribution in [2.24, 2.45) is 0 Å². The van der Waals surface area contributed by atoms with E-state index in [4.69, 9.17) is 0 Å². The van der Waals surface area contributed by atoms with Gasteiger partial charge in [0.05, 0.1) is 4.92 Å². The fraction of sp³-hybridized carbons (Fsp3) is 0.294. The molecule has 1 aliphatic carbocycles. The third-order valence-corrected chi connectivity index (χ3v) is 4.01. The van der Waals surface area contributed by atoms with Gasteiger partial charge in [-0.15, -0.1) is 0 Å². The van der Waals surface area contributed by atoms with Gasteiger partial charge in [-0.25, -0.2) is 0 Å². The summed E-state index contributed by atoms with van der Waals surface area (Å²) in [4.78, 5) is 10.6. The highest BCUT2D eigenvalue weighted by atomic mass is 16.6. The van der Waals surface area contributed by atoms with E-state index in [9.17, 15) is 10.1 Å². The van der Waals surface area contributed by atoms with Crippen LogP contribution in [-0.4, -0.2) is 4.92 Å². The predicted molar refractivity (Wildman–Crippen MR) is 83.6 cm³/mol. The summed E-state index contributed by atoms with van der Waals surface area (Å²) in [5, 5.41) is 14.2. The number of nitrogens with one attached hydrogen (secondary N) is 1. The zero-order valence-electron chi connectivity index (χ0n) is 12.0. The minimum atomic E-state index is -0.342. The number of benzene rings is 2. The van der Waals surface area contributed by atoms with Gasteiger partial charge in [-0.05, 0) is 42.9 Å². The lowest BCUT2D eigenvalue weighted by atomic mass is 10.1. The highest BCUT2D eigenvalue weighted by Crippen LogP contribution is 2.39. The second kappa shape index (κ2) is 5.56. The first-order valence-electron chi connectivity index (χ1n) is 7.22. The van der Waals surface area contributed by atoms with Crippen molar-refractivity contribution in [3.05, 3.63) is 69.3 Å². The van der Waals surface area contributed by atoms with Crippen molar-refractivity contribution in [3.63, 3.8) is 0 Å². The van der Waals surface area contributed by atoms with Gasteiger partial charge in [-0.1, -0.05) is 30.3 Å². The summed E-state index contributed by atoms with van der Waals surface area (Å²) < 4.78 is 0. The number of nitrogens with zero attached hydrogens (tertiary/aromatic N) is 1. The Balaban J connectivity index is 1.69. The summed E-state index contributed by atoms with van der Waals surface area (Å²) >= 11 is 0. The summed E-state index contributed by atoms with van der Waals surface area (Å²) in [5.41, 5.74) is 4.26. The molecule has 0 amide bonds. The van der Waals surface area contributed by atoms with Gasteiger partial charge in [0, 0.05) is 23.9 Å². The SMILES string of the molecule is Cc1c(NCc2ccc(C3CC3)cc2)cccc1[N+](=O)[O-]. The van der Waals surface area contributed by atoms with Crippen LogP contribution in [0.2, 0.25) is 0 Å². The minimum Gasteiger partial charge on any atom is -0.381 e. The predicted octanol–water partition coefficient (Wildman–Crippen LogP) is 4.39. The molecule has 1 aliphatic rings. The van der Waals surface area contributed by atoms with E-state index >= 15 is 0 Å². The Morgan fingerprint density at radius 2 is 1.90 bits per heavy atom. The normalized spacial score (nSPS) is 14.0. The Bertz CT molecular complexity index is 661. The molecule has 2 aromatic rings. The number of anilines is 1. The number of rotatable bonds is 5. The second-order valence-corrected chi connectivity index (χ2v) is 5.58. The maximum Gasteiger partial charge on any atom is 0.274 e. The van der Waals surface area contributed by atoms with E-state index in [1.54, 1.807) is 13.0 Å². The van der Waals surface area contributed by atoms with E-state index in [0.717, 1.165) is 11.6 Å². The molecule has 0 radical (unpaired) electrons. The zero-order chi connectivity index (χ0) is 14.8. The lowest BCUT2D eigenvalue weighted by Crippen LogP contribution is -2.02. The first-order valence-corrected chi connectivity index (χ1v) is 7.22. The smallest absolute Gasteiger partial charge is 0.274 e. The molecule has 0 aromatic heterocycles. The molecule has 1 N–H and O–H groups in total. The topological polar surface area (TPSA) is 55.2 Å². The standard InChI is InChI=1S/C17H18N2O2/c1-12-16(3-2-4-17(12)19(20)21)18-11-13-5-7-14(8-6-13)15-9-10-15/h2-8,15,18H,9-11H2,1H3. The molecular formula is C17H18N2O2. The average Bonchev–Trinajstić information content (AvgIpc) is 3.31. The molecular weight excluding hydrogens is 264 g/mol. The minimum absolute atomic E-state index is 0.157. The van der Waals surface area contributed by atoms with Crippen LogP contribution in [0, 0.1) is 17.0 Å². The number of nitro groups is 1. The van der Waals surface area contributed by atoms with E-state index < -0.39 is 0 Å². The van der Waals surface area contributed by atoms with Crippen molar-refractivity contribution in [1.29, 1.82) is 0 Å². The molecule has 108 valence electrons. The average molecular weight is 282 g/mol. The van der Waals surface area contributed by atoms with Crippen LogP contribution in [-0.2, 0) is 6.54 Å². The molecule has 1 fully saturated rings. The van der Waals surface area contributed by atoms with Gasteiger partial charge in [0.25, 0.3) is 5.69 Å². The third kappa shape index (κ3) is 3.05. The van der Waals surface area contributed by atoms with E-state index in [-0.39, 0.29) is 10.6 Å². The van der Waals surface area contributed by atoms with Gasteiger partial charge in [-0.2, -0.15) is 0 Å². The molecule has 2 aromatic carbocycles. The van der Waals surface area contributed by atoms with Crippen molar-refractivity contribution in [2.75, 3.05) is 5.32 Å². The van der Waals surface area contributed by atoms with Crippen molar-refractivity contribution >= 4 is 11.4 Å². The van der Waals surface area contributed by atoms with Crippen molar-refractivity contribution < 1.29 is 4.92 Å². The summed E-state index contributed by atoms with van der Waals surface area (Å²) in [6.07, 6.45) is 2.62. The molecule has 0 saturated heterocycles. The fourth-order valence-electron chi connectivity index (χ4n) is 2.53. The molecule has 0 bridgehead atoms. The Morgan fingerprint density at radius 3 is 2.52 bits per heavy atom. The van der Waals surface area contributed by atoms with Gasteiger partial charge in [0.15, 0.2) is 0 Å². The molecule has 0 atom stereocenters. The van der Waals surface area contributed by atoms with Gasteiger partial charge < -0.3 is 5.32 Å². The van der Waals surface area contributed by atoms with Crippen LogP contribution >= 0.6 is 0 Å². The van der Waals surface area contributed by atoms with Crippen LogP contribution in [0.5, 0.6) is 0 Å². The molecule has 21 heavy (non-hydrogen) atoms. The molecule has 4 heteroatoms. The highest BCUT2D eigenvalue weighted by Gasteiger charge is 2.22. The number of nitro benzene ring substituents is 1. The molecule has 0 spiro atoms. The van der Waals surface area contributed by atoms with Crippen molar-refractivity contribution in [3.8, 4) is 0 Å². The van der Waals surface area contributed by atoms with Crippen LogP contribution in [0.3, 0.4) is 0 Å². The van der Waals surface area contributed by atoms with Crippen molar-refractivity contribution in [1.82, 2.24) is 0 Å². The summed E-state index contributed by atoms with van der Waals surface area (Å²) in [6, 6.07) is 13.8. The summed E-state index contributed by atoms with van der Waals surface area (Å²) in [6.45, 7) is 2.45. The van der Waals surface area contributed by atoms with E-state index in [2.05, 4.69) is 29.6 Å². The molecule has 4 nitrogen and oxygen atoms in total. The van der Waals surface area contributed by atoms with Gasteiger partial charge in [0.2, 0.25) is 0 Å². The van der Waals surface area contributed by atoms with Crippen LogP contribution < -0.4 is 5.32 Å². The zero-order valence-corrected chi connectivity index (χ0v) is 12.0. The summed E-state index contributed by atoms with van der Waals surface area (Å²) in [5.74, 6) is 0.769. The van der Waals surface area contributed by atoms with E-state index in [0.29, 0.717) is 12.1 Å². The van der Waals surface area contributed by atoms with Gasteiger partial charge in [0.1, 0.15) is 0 Å². The van der Waals surface area contributed by atoms with E-state index in [1.165, 1.54) is 30.0 Å². The lowest BCUT2D eigenvalue weighted by Gasteiger charge is -2.10. The molecule has 3 rings (SSSR count).